The summed E-state index contributed by atoms with van der Waals surface area (Å²) < 4.78 is 0. The summed E-state index contributed by atoms with van der Waals surface area (Å²) >= 11 is 1.60. The summed E-state index contributed by atoms with van der Waals surface area (Å²) in [5.74, 6) is 0.579. The van der Waals surface area contributed by atoms with E-state index in [2.05, 4.69) is 10.3 Å². The monoisotopic (exact) mass is 311 g/mol. The fraction of sp³-hybridized carbons (Fsp3) is 0.600. The summed E-state index contributed by atoms with van der Waals surface area (Å²) in [6.45, 7) is 7.44. The molecule has 0 fully saturated rings. The van der Waals surface area contributed by atoms with Crippen LogP contribution in [0.3, 0.4) is 0 Å². The van der Waals surface area contributed by atoms with Crippen LogP contribution < -0.4 is 5.32 Å². The van der Waals surface area contributed by atoms with Crippen molar-refractivity contribution in [1.82, 2.24) is 9.88 Å². The van der Waals surface area contributed by atoms with Crippen LogP contribution in [0.15, 0.2) is 18.3 Å². The van der Waals surface area contributed by atoms with Gasteiger partial charge in [-0.15, -0.1) is 0 Å². The number of anilines is 1. The second kappa shape index (κ2) is 8.24. The van der Waals surface area contributed by atoms with Gasteiger partial charge < -0.3 is 15.3 Å². The van der Waals surface area contributed by atoms with Crippen LogP contribution in [0.2, 0.25) is 0 Å². The molecule has 118 valence electrons. The van der Waals surface area contributed by atoms with Crippen LogP contribution in [-0.4, -0.2) is 58.1 Å². The molecule has 1 unspecified atom stereocenters. The van der Waals surface area contributed by atoms with E-state index in [0.717, 1.165) is 5.69 Å². The highest BCUT2D eigenvalue weighted by Crippen LogP contribution is 2.14. The molecule has 0 aliphatic heterocycles. The van der Waals surface area contributed by atoms with Gasteiger partial charge >= 0.3 is 0 Å². The molecule has 0 aliphatic carbocycles. The van der Waals surface area contributed by atoms with Gasteiger partial charge in [0.25, 0.3) is 5.91 Å². The standard InChI is InChI=1S/C15H25N3O2S/c1-5-18(6-2)14(19)13-9-12(7-8-16-13)17-10-15(3,20)11-21-4/h7-9,20H,5-6,10-11H2,1-4H3,(H,16,17). The molecule has 1 rings (SSSR count). The molecule has 0 aromatic carbocycles. The number of aromatic nitrogens is 1. The maximum Gasteiger partial charge on any atom is 0.272 e. The number of nitrogens with one attached hydrogen (secondary N) is 1. The lowest BCUT2D eigenvalue weighted by molar-refractivity contribution is 0.0767. The molecule has 1 amide bonds. The minimum Gasteiger partial charge on any atom is -0.387 e. The van der Waals surface area contributed by atoms with E-state index in [1.807, 2.05) is 20.1 Å². The molecular formula is C15H25N3O2S. The number of thioether (sulfide) groups is 1. The van der Waals surface area contributed by atoms with Crippen molar-refractivity contribution >= 4 is 23.4 Å². The lowest BCUT2D eigenvalue weighted by Crippen LogP contribution is -2.36. The van der Waals surface area contributed by atoms with Crippen molar-refractivity contribution < 1.29 is 9.90 Å². The van der Waals surface area contributed by atoms with Crippen LogP contribution in [0.5, 0.6) is 0 Å². The fourth-order valence-corrected chi connectivity index (χ4v) is 2.71. The zero-order valence-corrected chi connectivity index (χ0v) is 14.0. The third kappa shape index (κ3) is 5.55. The highest BCUT2D eigenvalue weighted by molar-refractivity contribution is 7.98. The van der Waals surface area contributed by atoms with Gasteiger partial charge in [0.2, 0.25) is 0 Å². The predicted molar refractivity (Wildman–Crippen MR) is 89.0 cm³/mol. The molecule has 0 saturated heterocycles. The number of carbonyl (C=O) groups excluding carboxylic acids is 1. The normalized spacial score (nSPS) is 13.6. The lowest BCUT2D eigenvalue weighted by atomic mass is 10.1. The molecular weight excluding hydrogens is 286 g/mol. The van der Waals surface area contributed by atoms with Gasteiger partial charge in [0.15, 0.2) is 0 Å². The Labute approximate surface area is 131 Å². The van der Waals surface area contributed by atoms with E-state index < -0.39 is 5.60 Å². The maximum atomic E-state index is 12.2. The van der Waals surface area contributed by atoms with Crippen LogP contribution in [0.4, 0.5) is 5.69 Å². The lowest BCUT2D eigenvalue weighted by Gasteiger charge is -2.23. The minimum atomic E-state index is -0.786. The summed E-state index contributed by atoms with van der Waals surface area (Å²) in [6, 6.07) is 3.53. The molecule has 0 radical (unpaired) electrons. The maximum absolute atomic E-state index is 12.2. The molecule has 1 aromatic heterocycles. The Bertz CT molecular complexity index is 462. The summed E-state index contributed by atoms with van der Waals surface area (Å²) in [4.78, 5) is 18.1. The van der Waals surface area contributed by atoms with Crippen molar-refractivity contribution in [2.45, 2.75) is 26.4 Å². The van der Waals surface area contributed by atoms with Crippen molar-refractivity contribution in [2.75, 3.05) is 37.0 Å². The van der Waals surface area contributed by atoms with Crippen molar-refractivity contribution in [3.05, 3.63) is 24.0 Å². The van der Waals surface area contributed by atoms with E-state index in [-0.39, 0.29) is 5.91 Å². The Morgan fingerprint density at radius 3 is 2.71 bits per heavy atom. The van der Waals surface area contributed by atoms with Gasteiger partial charge in [0, 0.05) is 37.3 Å². The molecule has 6 heteroatoms. The molecule has 1 aromatic rings. The molecule has 5 nitrogen and oxygen atoms in total. The molecule has 0 bridgehead atoms. The number of hydrogen-bond acceptors (Lipinski definition) is 5. The average Bonchev–Trinajstić information content (AvgIpc) is 2.47. The van der Waals surface area contributed by atoms with Crippen molar-refractivity contribution in [1.29, 1.82) is 0 Å². The molecule has 0 saturated carbocycles. The van der Waals surface area contributed by atoms with Crippen LogP contribution >= 0.6 is 11.8 Å². The third-order valence-corrected chi connectivity index (χ3v) is 4.07. The fourth-order valence-electron chi connectivity index (χ4n) is 1.98. The molecule has 21 heavy (non-hydrogen) atoms. The van der Waals surface area contributed by atoms with E-state index >= 15 is 0 Å². The second-order valence-corrected chi connectivity index (χ2v) is 6.06. The molecule has 1 heterocycles. The van der Waals surface area contributed by atoms with Crippen LogP contribution in [-0.2, 0) is 0 Å². The van der Waals surface area contributed by atoms with Crippen molar-refractivity contribution in [2.24, 2.45) is 0 Å². The smallest absolute Gasteiger partial charge is 0.272 e. The van der Waals surface area contributed by atoms with E-state index in [4.69, 9.17) is 0 Å². The first-order valence-electron chi connectivity index (χ1n) is 7.14. The van der Waals surface area contributed by atoms with Gasteiger partial charge in [0.1, 0.15) is 5.69 Å². The highest BCUT2D eigenvalue weighted by atomic mass is 32.2. The molecule has 0 spiro atoms. The zero-order valence-electron chi connectivity index (χ0n) is 13.2. The third-order valence-electron chi connectivity index (χ3n) is 3.16. The van der Waals surface area contributed by atoms with Crippen molar-refractivity contribution in [3.63, 3.8) is 0 Å². The minimum absolute atomic E-state index is 0.0699. The van der Waals surface area contributed by atoms with Crippen molar-refractivity contribution in [3.8, 4) is 0 Å². The van der Waals surface area contributed by atoms with E-state index in [1.165, 1.54) is 0 Å². The number of carbonyl (C=O) groups is 1. The molecule has 2 N–H and O–H groups in total. The van der Waals surface area contributed by atoms with E-state index in [9.17, 15) is 9.90 Å². The van der Waals surface area contributed by atoms with E-state index in [1.54, 1.807) is 41.9 Å². The first-order chi connectivity index (χ1) is 9.93. The average molecular weight is 311 g/mol. The van der Waals surface area contributed by atoms with Gasteiger partial charge in [-0.1, -0.05) is 0 Å². The number of amides is 1. The Balaban J connectivity index is 2.75. The summed E-state index contributed by atoms with van der Waals surface area (Å²) in [6.07, 6.45) is 3.57. The predicted octanol–water partition coefficient (Wildman–Crippen LogP) is 2.09. The number of pyridine rings is 1. The Morgan fingerprint density at radius 1 is 1.48 bits per heavy atom. The Morgan fingerprint density at radius 2 is 2.14 bits per heavy atom. The van der Waals surface area contributed by atoms with Gasteiger partial charge in [-0.2, -0.15) is 11.8 Å². The second-order valence-electron chi connectivity index (χ2n) is 5.19. The Kier molecular flexibility index (Phi) is 6.98. The van der Waals surface area contributed by atoms with Gasteiger partial charge in [-0.05, 0) is 39.2 Å². The Hall–Kier alpha value is -1.27. The van der Waals surface area contributed by atoms with Gasteiger partial charge in [-0.3, -0.25) is 9.78 Å². The number of rotatable bonds is 8. The summed E-state index contributed by atoms with van der Waals surface area (Å²) in [5, 5.41) is 13.3. The molecule has 0 aliphatic rings. The van der Waals surface area contributed by atoms with Crippen LogP contribution in [0, 0.1) is 0 Å². The highest BCUT2D eigenvalue weighted by Gasteiger charge is 2.19. The first-order valence-corrected chi connectivity index (χ1v) is 8.53. The first kappa shape index (κ1) is 17.8. The SMILES string of the molecule is CCN(CC)C(=O)c1cc(NCC(C)(O)CSC)ccn1. The number of aliphatic hydroxyl groups is 1. The van der Waals surface area contributed by atoms with Gasteiger partial charge in [-0.25, -0.2) is 0 Å². The summed E-state index contributed by atoms with van der Waals surface area (Å²) in [5.41, 5.74) is 0.432. The van der Waals surface area contributed by atoms with Crippen LogP contribution in [0.25, 0.3) is 0 Å². The van der Waals surface area contributed by atoms with Crippen LogP contribution in [0.1, 0.15) is 31.3 Å². The quantitative estimate of drug-likeness (QED) is 0.769. The molecule has 1 atom stereocenters. The number of hydrogen-bond donors (Lipinski definition) is 2. The topological polar surface area (TPSA) is 65.5 Å². The summed E-state index contributed by atoms with van der Waals surface area (Å²) in [7, 11) is 0. The van der Waals surface area contributed by atoms with Gasteiger partial charge in [0.05, 0.1) is 5.60 Å². The zero-order chi connectivity index (χ0) is 15.9. The van der Waals surface area contributed by atoms with E-state index in [0.29, 0.717) is 31.1 Å². The number of nitrogens with zero attached hydrogens (tertiary/aromatic N) is 2. The largest absolute Gasteiger partial charge is 0.387 e.